The maximum Gasteiger partial charge on any atom is 0.387 e. The van der Waals surface area contributed by atoms with Crippen molar-refractivity contribution in [3.8, 4) is 5.75 Å². The molecule has 0 aromatic heterocycles. The average molecular weight is 471 g/mol. The number of alkyl halides is 2. The predicted molar refractivity (Wildman–Crippen MR) is 103 cm³/mol. The topological polar surface area (TPSA) is 63.2 Å². The van der Waals surface area contributed by atoms with Crippen molar-refractivity contribution in [3.63, 3.8) is 0 Å². The van der Waals surface area contributed by atoms with Gasteiger partial charge in [0.25, 0.3) is 0 Å². The minimum Gasteiger partial charge on any atom is -0.469 e. The number of hydrogen-bond donors (Lipinski definition) is 1. The number of guanidine groups is 1. The molecule has 0 amide bonds. The van der Waals surface area contributed by atoms with Gasteiger partial charge in [-0.05, 0) is 24.6 Å². The molecule has 0 spiro atoms. The minimum atomic E-state index is -2.83. The molecule has 0 saturated heterocycles. The Morgan fingerprint density at radius 2 is 1.96 bits per heavy atom. The van der Waals surface area contributed by atoms with E-state index >= 15 is 0 Å². The molecule has 0 bridgehead atoms. The molecular formula is C16H24F2IN3O3. The Morgan fingerprint density at radius 1 is 1.32 bits per heavy atom. The molecule has 0 aliphatic carbocycles. The summed E-state index contributed by atoms with van der Waals surface area (Å²) >= 11 is 0. The molecule has 0 atom stereocenters. The first-order valence-corrected chi connectivity index (χ1v) is 7.56. The molecule has 0 heterocycles. The van der Waals surface area contributed by atoms with Crippen molar-refractivity contribution < 1.29 is 23.0 Å². The molecule has 1 aromatic carbocycles. The quantitative estimate of drug-likeness (QED) is 0.274. The van der Waals surface area contributed by atoms with Gasteiger partial charge in [-0.2, -0.15) is 8.78 Å². The first-order valence-electron chi connectivity index (χ1n) is 7.56. The lowest BCUT2D eigenvalue weighted by Crippen LogP contribution is -2.38. The molecule has 142 valence electrons. The van der Waals surface area contributed by atoms with Gasteiger partial charge in [-0.3, -0.25) is 9.79 Å². The van der Waals surface area contributed by atoms with Crippen LogP contribution < -0.4 is 10.1 Å². The molecule has 0 saturated carbocycles. The van der Waals surface area contributed by atoms with Gasteiger partial charge in [-0.1, -0.05) is 12.1 Å². The number of halogens is 3. The van der Waals surface area contributed by atoms with E-state index in [1.165, 1.54) is 19.2 Å². The van der Waals surface area contributed by atoms with Gasteiger partial charge in [0.1, 0.15) is 5.75 Å². The number of rotatable bonds is 8. The summed E-state index contributed by atoms with van der Waals surface area (Å²) in [6.45, 7) is 0.642. The largest absolute Gasteiger partial charge is 0.469 e. The summed E-state index contributed by atoms with van der Waals surface area (Å²) in [4.78, 5) is 17.4. The molecule has 1 aromatic rings. The highest BCUT2D eigenvalue weighted by atomic mass is 127. The van der Waals surface area contributed by atoms with E-state index in [1.54, 1.807) is 12.1 Å². The minimum absolute atomic E-state index is 0. The summed E-state index contributed by atoms with van der Waals surface area (Å²) in [6, 6.07) is 6.42. The lowest BCUT2D eigenvalue weighted by Gasteiger charge is -2.22. The Labute approximate surface area is 163 Å². The molecule has 0 aliphatic rings. The van der Waals surface area contributed by atoms with Gasteiger partial charge in [0.15, 0.2) is 5.96 Å². The van der Waals surface area contributed by atoms with Gasteiger partial charge >= 0.3 is 12.6 Å². The van der Waals surface area contributed by atoms with E-state index < -0.39 is 6.61 Å². The van der Waals surface area contributed by atoms with E-state index in [9.17, 15) is 13.6 Å². The van der Waals surface area contributed by atoms with Crippen molar-refractivity contribution in [2.75, 3.05) is 27.2 Å². The summed E-state index contributed by atoms with van der Waals surface area (Å²) < 4.78 is 33.2. The van der Waals surface area contributed by atoms with Crippen molar-refractivity contribution >= 4 is 35.9 Å². The Hall–Kier alpha value is -1.65. The van der Waals surface area contributed by atoms with Crippen LogP contribution in [0, 0.1) is 0 Å². The summed E-state index contributed by atoms with van der Waals surface area (Å²) in [7, 11) is 3.19. The van der Waals surface area contributed by atoms with Crippen molar-refractivity contribution in [1.82, 2.24) is 10.2 Å². The molecule has 6 nitrogen and oxygen atoms in total. The normalized spacial score (nSPS) is 10.9. The lowest BCUT2D eigenvalue weighted by atomic mass is 10.2. The second-order valence-corrected chi connectivity index (χ2v) is 4.94. The second-order valence-electron chi connectivity index (χ2n) is 4.94. The smallest absolute Gasteiger partial charge is 0.387 e. The fraction of sp³-hybridized carbons (Fsp3) is 0.500. The highest BCUT2D eigenvalue weighted by molar-refractivity contribution is 14.0. The number of nitrogens with one attached hydrogen (secondary N) is 1. The van der Waals surface area contributed by atoms with Crippen molar-refractivity contribution in [2.45, 2.75) is 26.5 Å². The Morgan fingerprint density at radius 3 is 2.48 bits per heavy atom. The van der Waals surface area contributed by atoms with Gasteiger partial charge in [0.05, 0.1) is 20.1 Å². The van der Waals surface area contributed by atoms with Gasteiger partial charge in [-0.15, -0.1) is 24.0 Å². The molecule has 9 heteroatoms. The number of carbonyl (C=O) groups is 1. The molecule has 25 heavy (non-hydrogen) atoms. The zero-order valence-electron chi connectivity index (χ0n) is 14.5. The molecule has 0 aliphatic heterocycles. The molecule has 0 unspecified atom stereocenters. The van der Waals surface area contributed by atoms with E-state index in [4.69, 9.17) is 0 Å². The summed E-state index contributed by atoms with van der Waals surface area (Å²) in [5, 5.41) is 3.13. The van der Waals surface area contributed by atoms with E-state index in [0.717, 1.165) is 5.56 Å². The van der Waals surface area contributed by atoms with E-state index in [-0.39, 0.29) is 42.1 Å². The van der Waals surface area contributed by atoms with Crippen molar-refractivity contribution in [2.24, 2.45) is 4.99 Å². The second kappa shape index (κ2) is 12.7. The van der Waals surface area contributed by atoms with Crippen LogP contribution in [0.2, 0.25) is 0 Å². The molecule has 0 radical (unpaired) electrons. The summed E-state index contributed by atoms with van der Waals surface area (Å²) in [5.74, 6) is 0.455. The number of methoxy groups -OCH3 is 1. The third-order valence-electron chi connectivity index (χ3n) is 3.07. The number of benzene rings is 1. The summed E-state index contributed by atoms with van der Waals surface area (Å²) in [6.07, 6.45) is 0.207. The number of hydrogen-bond acceptors (Lipinski definition) is 4. The van der Waals surface area contributed by atoms with Gasteiger partial charge in [0, 0.05) is 20.1 Å². The lowest BCUT2D eigenvalue weighted by molar-refractivity contribution is -0.140. The van der Waals surface area contributed by atoms with Crippen LogP contribution in [0.15, 0.2) is 29.3 Å². The van der Waals surface area contributed by atoms with E-state index in [1.807, 2.05) is 18.9 Å². The molecule has 1 rings (SSSR count). The molecule has 0 fully saturated rings. The van der Waals surface area contributed by atoms with Crippen LogP contribution in [0.25, 0.3) is 0 Å². The van der Waals surface area contributed by atoms with Crippen LogP contribution in [0.4, 0.5) is 8.78 Å². The average Bonchev–Trinajstić information content (AvgIpc) is 2.55. The van der Waals surface area contributed by atoms with Crippen LogP contribution in [0.5, 0.6) is 5.75 Å². The SMILES string of the molecule is CCNC(=NCCC(=O)OC)N(C)Cc1ccc(OC(F)F)cc1.I. The van der Waals surface area contributed by atoms with Crippen LogP contribution in [0.1, 0.15) is 18.9 Å². The first-order chi connectivity index (χ1) is 11.5. The monoisotopic (exact) mass is 471 g/mol. The third kappa shape index (κ3) is 9.42. The van der Waals surface area contributed by atoms with Crippen molar-refractivity contribution in [1.29, 1.82) is 0 Å². The first kappa shape index (κ1) is 23.4. The van der Waals surface area contributed by atoms with Gasteiger partial charge in [-0.25, -0.2) is 0 Å². The van der Waals surface area contributed by atoms with Gasteiger partial charge < -0.3 is 19.7 Å². The summed E-state index contributed by atoms with van der Waals surface area (Å²) in [5.41, 5.74) is 0.915. The fourth-order valence-corrected chi connectivity index (χ4v) is 1.95. The highest BCUT2D eigenvalue weighted by Gasteiger charge is 2.08. The van der Waals surface area contributed by atoms with Gasteiger partial charge in [0.2, 0.25) is 0 Å². The fourth-order valence-electron chi connectivity index (χ4n) is 1.95. The number of carbonyl (C=O) groups excluding carboxylic acids is 1. The zero-order chi connectivity index (χ0) is 17.9. The van der Waals surface area contributed by atoms with Crippen LogP contribution >= 0.6 is 24.0 Å². The van der Waals surface area contributed by atoms with Crippen LogP contribution in [-0.4, -0.2) is 50.7 Å². The van der Waals surface area contributed by atoms with Crippen molar-refractivity contribution in [3.05, 3.63) is 29.8 Å². The number of ether oxygens (including phenoxy) is 2. The molecular weight excluding hydrogens is 447 g/mol. The Kier molecular flexibility index (Phi) is 11.8. The highest BCUT2D eigenvalue weighted by Crippen LogP contribution is 2.15. The molecule has 1 N–H and O–H groups in total. The predicted octanol–water partition coefficient (Wildman–Crippen LogP) is 2.87. The third-order valence-corrected chi connectivity index (χ3v) is 3.07. The Balaban J connectivity index is 0.00000576. The Bertz CT molecular complexity index is 542. The zero-order valence-corrected chi connectivity index (χ0v) is 16.8. The standard InChI is InChI=1S/C16H23F2N3O3.HI/c1-4-19-16(20-10-9-14(22)23-3)21(2)11-12-5-7-13(8-6-12)24-15(17)18;/h5-8,15H,4,9-11H2,1-3H3,(H,19,20);1H. The van der Waals surface area contributed by atoms with Crippen LogP contribution in [-0.2, 0) is 16.1 Å². The maximum absolute atomic E-state index is 12.1. The van der Waals surface area contributed by atoms with E-state index in [2.05, 4.69) is 19.8 Å². The maximum atomic E-state index is 12.1. The number of esters is 1. The van der Waals surface area contributed by atoms with E-state index in [0.29, 0.717) is 25.6 Å². The number of aliphatic imine (C=N–C) groups is 1. The number of nitrogens with zero attached hydrogens (tertiary/aromatic N) is 2. The van der Waals surface area contributed by atoms with Crippen LogP contribution in [0.3, 0.4) is 0 Å².